The van der Waals surface area contributed by atoms with Crippen LogP contribution in [0.15, 0.2) is 48.1 Å². The van der Waals surface area contributed by atoms with Crippen LogP contribution in [0.4, 0.5) is 13.2 Å². The van der Waals surface area contributed by atoms with Crippen LogP contribution in [0, 0.1) is 5.41 Å². The van der Waals surface area contributed by atoms with Crippen LogP contribution < -0.4 is 5.73 Å². The lowest BCUT2D eigenvalue weighted by molar-refractivity contribution is -0.258. The molecule has 0 saturated heterocycles. The molecule has 1 atom stereocenters. The van der Waals surface area contributed by atoms with Crippen molar-refractivity contribution < 1.29 is 23.1 Å². The summed E-state index contributed by atoms with van der Waals surface area (Å²) in [6.07, 6.45) is 8.01. The van der Waals surface area contributed by atoms with Crippen molar-refractivity contribution in [3.05, 3.63) is 59.2 Å². The van der Waals surface area contributed by atoms with Gasteiger partial charge in [-0.1, -0.05) is 37.3 Å². The minimum atomic E-state index is -4.80. The Bertz CT molecular complexity index is 907. The van der Waals surface area contributed by atoms with Crippen LogP contribution in [-0.4, -0.2) is 40.7 Å². The number of nitrogens with two attached hydrogens (primary N) is 1. The van der Waals surface area contributed by atoms with Gasteiger partial charge in [-0.05, 0) is 82.1 Å². The largest absolute Gasteiger partial charge is 0.421 e. The number of rotatable bonds is 8. The first-order valence-electron chi connectivity index (χ1n) is 12.3. The first-order valence-corrected chi connectivity index (χ1v) is 12.3. The standard InChI is InChI=1S/C27H37F3N2O2/c1-4-6-7-20(5-2)26(18-31)16-14-23(15-17-26)32(22-12-13-22)24(33)19-8-10-21(11-9-19)25(3,34)27(28,29)30/h5-11,22-23,34H,4,12-18,31H2,1-3H3/b7-6-,20-5+/t23?,25-,26?/m0/s1. The Morgan fingerprint density at radius 3 is 2.15 bits per heavy atom. The van der Waals surface area contributed by atoms with Crippen molar-refractivity contribution in [2.24, 2.45) is 11.1 Å². The number of amides is 1. The highest BCUT2D eigenvalue weighted by Gasteiger charge is 2.51. The number of carbonyl (C=O) groups excluding carboxylic acids is 1. The molecule has 3 rings (SSSR count). The van der Waals surface area contributed by atoms with E-state index in [1.165, 1.54) is 29.8 Å². The maximum atomic E-state index is 13.4. The molecule has 2 fully saturated rings. The van der Waals surface area contributed by atoms with Gasteiger partial charge in [0.2, 0.25) is 0 Å². The van der Waals surface area contributed by atoms with Crippen LogP contribution in [0.3, 0.4) is 0 Å². The molecule has 2 saturated carbocycles. The van der Waals surface area contributed by atoms with E-state index in [9.17, 15) is 23.1 Å². The van der Waals surface area contributed by atoms with E-state index in [-0.39, 0.29) is 29.0 Å². The van der Waals surface area contributed by atoms with Crippen LogP contribution in [-0.2, 0) is 5.60 Å². The zero-order valence-corrected chi connectivity index (χ0v) is 20.4. The van der Waals surface area contributed by atoms with Crippen LogP contribution in [0.5, 0.6) is 0 Å². The van der Waals surface area contributed by atoms with E-state index in [4.69, 9.17) is 5.73 Å². The average molecular weight is 479 g/mol. The monoisotopic (exact) mass is 478 g/mol. The van der Waals surface area contributed by atoms with Crippen molar-refractivity contribution in [3.63, 3.8) is 0 Å². The Hall–Kier alpha value is -2.12. The van der Waals surface area contributed by atoms with Gasteiger partial charge in [0, 0.05) is 29.6 Å². The number of hydrogen-bond donors (Lipinski definition) is 2. The van der Waals surface area contributed by atoms with Crippen molar-refractivity contribution in [3.8, 4) is 0 Å². The molecule has 4 nitrogen and oxygen atoms in total. The van der Waals surface area contributed by atoms with Gasteiger partial charge in [-0.25, -0.2) is 0 Å². The number of halogens is 3. The van der Waals surface area contributed by atoms with Crippen LogP contribution in [0.25, 0.3) is 0 Å². The molecule has 0 spiro atoms. The molecule has 1 amide bonds. The lowest BCUT2D eigenvalue weighted by Gasteiger charge is -2.44. The first-order chi connectivity index (χ1) is 16.0. The summed E-state index contributed by atoms with van der Waals surface area (Å²) in [4.78, 5) is 15.4. The smallest absolute Gasteiger partial charge is 0.376 e. The van der Waals surface area contributed by atoms with E-state index in [1.807, 2.05) is 11.8 Å². The SMILES string of the molecule is C/C=C(\C=C/CC)C1(CN)CCC(N(C(=O)c2ccc([C@](C)(O)C(F)(F)F)cc2)C2CC2)CC1. The summed E-state index contributed by atoms with van der Waals surface area (Å²) >= 11 is 0. The molecule has 1 aromatic carbocycles. The number of nitrogens with zero attached hydrogens (tertiary/aromatic N) is 1. The highest BCUT2D eigenvalue weighted by Crippen LogP contribution is 2.45. The van der Waals surface area contributed by atoms with Crippen molar-refractivity contribution in [2.45, 2.75) is 89.6 Å². The molecule has 2 aliphatic carbocycles. The summed E-state index contributed by atoms with van der Waals surface area (Å²) in [6.45, 7) is 5.43. The van der Waals surface area contributed by atoms with Crippen LogP contribution in [0.2, 0.25) is 0 Å². The van der Waals surface area contributed by atoms with Crippen LogP contribution >= 0.6 is 0 Å². The minimum absolute atomic E-state index is 0.0833. The number of hydrogen-bond acceptors (Lipinski definition) is 3. The second-order valence-corrected chi connectivity index (χ2v) is 9.86. The quantitative estimate of drug-likeness (QED) is 0.460. The van der Waals surface area contributed by atoms with Crippen molar-refractivity contribution in [2.75, 3.05) is 6.54 Å². The molecule has 34 heavy (non-hydrogen) atoms. The molecule has 0 aromatic heterocycles. The molecule has 0 bridgehead atoms. The predicted molar refractivity (Wildman–Crippen MR) is 128 cm³/mol. The van der Waals surface area contributed by atoms with Gasteiger partial charge in [0.15, 0.2) is 5.60 Å². The van der Waals surface area contributed by atoms with Gasteiger partial charge in [-0.15, -0.1) is 0 Å². The van der Waals surface area contributed by atoms with Crippen LogP contribution in [0.1, 0.15) is 81.6 Å². The van der Waals surface area contributed by atoms with Gasteiger partial charge in [-0.3, -0.25) is 4.79 Å². The third-order valence-electron chi connectivity index (χ3n) is 7.57. The average Bonchev–Trinajstić information content (AvgIpc) is 3.65. The summed E-state index contributed by atoms with van der Waals surface area (Å²) < 4.78 is 39.5. The molecular formula is C27H37F3N2O2. The molecule has 3 N–H and O–H groups in total. The molecule has 0 heterocycles. The maximum absolute atomic E-state index is 13.4. The summed E-state index contributed by atoms with van der Waals surface area (Å²) in [5.41, 5.74) is 4.54. The lowest BCUT2D eigenvalue weighted by Crippen LogP contribution is -2.47. The first kappa shape index (κ1) is 26.5. The lowest BCUT2D eigenvalue weighted by atomic mass is 9.67. The third-order valence-corrected chi connectivity index (χ3v) is 7.57. The highest BCUT2D eigenvalue weighted by molar-refractivity contribution is 5.95. The number of alkyl halides is 3. The van der Waals surface area contributed by atoms with E-state index in [2.05, 4.69) is 25.2 Å². The van der Waals surface area contributed by atoms with Gasteiger partial charge >= 0.3 is 6.18 Å². The molecular weight excluding hydrogens is 441 g/mol. The zero-order valence-electron chi connectivity index (χ0n) is 20.4. The predicted octanol–water partition coefficient (Wildman–Crippen LogP) is 5.86. The number of allylic oxidation sites excluding steroid dienone is 3. The van der Waals surface area contributed by atoms with Gasteiger partial charge in [0.25, 0.3) is 5.91 Å². The van der Waals surface area contributed by atoms with E-state index >= 15 is 0 Å². The Morgan fingerprint density at radius 2 is 1.71 bits per heavy atom. The Kier molecular flexibility index (Phi) is 7.98. The molecule has 1 aromatic rings. The van der Waals surface area contributed by atoms with Crippen molar-refractivity contribution in [1.29, 1.82) is 0 Å². The minimum Gasteiger partial charge on any atom is -0.376 e. The van der Waals surface area contributed by atoms with Gasteiger partial charge < -0.3 is 15.7 Å². The maximum Gasteiger partial charge on any atom is 0.421 e. The summed E-state index contributed by atoms with van der Waals surface area (Å²) in [6, 6.07) is 5.46. The number of benzene rings is 1. The topological polar surface area (TPSA) is 66.6 Å². The number of aliphatic hydroxyl groups is 1. The van der Waals surface area contributed by atoms with E-state index in [1.54, 1.807) is 0 Å². The molecule has 2 aliphatic rings. The second kappa shape index (κ2) is 10.2. The Balaban J connectivity index is 1.77. The second-order valence-electron chi connectivity index (χ2n) is 9.86. The van der Waals surface area contributed by atoms with Crippen molar-refractivity contribution in [1.82, 2.24) is 4.90 Å². The fourth-order valence-corrected chi connectivity index (χ4v) is 5.10. The summed E-state index contributed by atoms with van der Waals surface area (Å²) in [5, 5.41) is 9.91. The van der Waals surface area contributed by atoms with Gasteiger partial charge in [0.05, 0.1) is 0 Å². The fraction of sp³-hybridized carbons (Fsp3) is 0.593. The molecule has 7 heteroatoms. The van der Waals surface area contributed by atoms with Gasteiger partial charge in [0.1, 0.15) is 0 Å². The Morgan fingerprint density at radius 1 is 1.15 bits per heavy atom. The zero-order chi connectivity index (χ0) is 25.1. The fourth-order valence-electron chi connectivity index (χ4n) is 5.10. The normalized spacial score (nSPS) is 25.9. The summed E-state index contributed by atoms with van der Waals surface area (Å²) in [5.74, 6) is -0.150. The van der Waals surface area contributed by atoms with E-state index in [0.29, 0.717) is 12.1 Å². The highest BCUT2D eigenvalue weighted by atomic mass is 19.4. The molecule has 0 unspecified atom stereocenters. The molecule has 188 valence electrons. The van der Waals surface area contributed by atoms with Crippen molar-refractivity contribution >= 4 is 5.91 Å². The van der Waals surface area contributed by atoms with E-state index < -0.39 is 11.8 Å². The molecule has 0 radical (unpaired) electrons. The van der Waals surface area contributed by atoms with Gasteiger partial charge in [-0.2, -0.15) is 13.2 Å². The summed E-state index contributed by atoms with van der Waals surface area (Å²) in [7, 11) is 0. The third kappa shape index (κ3) is 5.25. The number of carbonyl (C=O) groups is 1. The Labute approximate surface area is 200 Å². The van der Waals surface area contributed by atoms with E-state index in [0.717, 1.165) is 51.9 Å². The molecule has 0 aliphatic heterocycles.